The van der Waals surface area contributed by atoms with E-state index >= 15 is 0 Å². The first-order chi connectivity index (χ1) is 8.19. The molecular formula is C13H21NO4. The van der Waals surface area contributed by atoms with Crippen LogP contribution in [0.5, 0.6) is 0 Å². The minimum absolute atomic E-state index is 0.315. The Labute approximate surface area is 108 Å². The van der Waals surface area contributed by atoms with Crippen molar-refractivity contribution in [2.24, 2.45) is 5.41 Å². The number of nitrogens with zero attached hydrogens (tertiary/aromatic N) is 1. The molecule has 2 amide bonds. The van der Waals surface area contributed by atoms with E-state index in [1.165, 1.54) is 0 Å². The number of carbonyl (C=O) groups excluding carboxylic acids is 2. The van der Waals surface area contributed by atoms with Crippen LogP contribution in [0, 0.1) is 5.41 Å². The minimum atomic E-state index is -0.762. The van der Waals surface area contributed by atoms with Gasteiger partial charge in [0.25, 0.3) is 5.91 Å². The zero-order valence-electron chi connectivity index (χ0n) is 11.5. The first-order valence-corrected chi connectivity index (χ1v) is 6.01. The van der Waals surface area contributed by atoms with Crippen LogP contribution in [0.3, 0.4) is 0 Å². The van der Waals surface area contributed by atoms with Crippen LogP contribution in [0.15, 0.2) is 12.7 Å². The van der Waals surface area contributed by atoms with Crippen molar-refractivity contribution in [3.8, 4) is 0 Å². The third kappa shape index (κ3) is 3.32. The Balaban J connectivity index is 2.81. The van der Waals surface area contributed by atoms with Crippen LogP contribution in [-0.4, -0.2) is 29.3 Å². The lowest BCUT2D eigenvalue weighted by Crippen LogP contribution is -2.51. The number of carbonyl (C=O) groups is 2. The second-order valence-electron chi connectivity index (χ2n) is 5.72. The Morgan fingerprint density at radius 2 is 2.22 bits per heavy atom. The maximum Gasteiger partial charge on any atom is 0.442 e. The van der Waals surface area contributed by atoms with Crippen molar-refractivity contribution in [2.75, 3.05) is 6.61 Å². The average molecular weight is 255 g/mol. The van der Waals surface area contributed by atoms with Gasteiger partial charge in [-0.3, -0.25) is 9.63 Å². The summed E-state index contributed by atoms with van der Waals surface area (Å²) in [5.41, 5.74) is -1.30. The number of hydroxylamine groups is 2. The topological polar surface area (TPSA) is 55.8 Å². The summed E-state index contributed by atoms with van der Waals surface area (Å²) in [5.74, 6) is -0.372. The Morgan fingerprint density at radius 1 is 1.61 bits per heavy atom. The monoisotopic (exact) mass is 255 g/mol. The zero-order chi connectivity index (χ0) is 14.0. The van der Waals surface area contributed by atoms with Gasteiger partial charge in [-0.1, -0.05) is 13.0 Å². The van der Waals surface area contributed by atoms with E-state index in [-0.39, 0.29) is 5.91 Å². The van der Waals surface area contributed by atoms with E-state index in [1.807, 2.05) is 0 Å². The SMILES string of the molecule is C=CC[C@]1(C)CCON(C(=O)OC(C)(C)C)C1=O. The first-order valence-electron chi connectivity index (χ1n) is 6.01. The zero-order valence-corrected chi connectivity index (χ0v) is 11.5. The fourth-order valence-electron chi connectivity index (χ4n) is 1.72. The molecule has 5 heteroatoms. The number of hydrogen-bond donors (Lipinski definition) is 0. The van der Waals surface area contributed by atoms with E-state index in [0.29, 0.717) is 19.4 Å². The smallest absolute Gasteiger partial charge is 0.442 e. The van der Waals surface area contributed by atoms with Gasteiger partial charge in [0.05, 0.1) is 12.0 Å². The third-order valence-corrected chi connectivity index (χ3v) is 2.73. The predicted molar refractivity (Wildman–Crippen MR) is 66.6 cm³/mol. The highest BCUT2D eigenvalue weighted by Gasteiger charge is 2.44. The second-order valence-corrected chi connectivity index (χ2v) is 5.72. The molecule has 0 unspecified atom stereocenters. The summed E-state index contributed by atoms with van der Waals surface area (Å²) < 4.78 is 5.13. The molecule has 1 aliphatic rings. The van der Waals surface area contributed by atoms with Gasteiger partial charge in [0.2, 0.25) is 0 Å². The van der Waals surface area contributed by atoms with Crippen molar-refractivity contribution in [1.29, 1.82) is 0 Å². The fraction of sp³-hybridized carbons (Fsp3) is 0.692. The van der Waals surface area contributed by atoms with Gasteiger partial charge in [-0.15, -0.1) is 11.6 Å². The van der Waals surface area contributed by atoms with Crippen LogP contribution in [0.2, 0.25) is 0 Å². The van der Waals surface area contributed by atoms with Gasteiger partial charge in [-0.05, 0) is 33.6 Å². The van der Waals surface area contributed by atoms with E-state index in [4.69, 9.17) is 9.57 Å². The van der Waals surface area contributed by atoms with E-state index in [9.17, 15) is 9.59 Å². The Hall–Kier alpha value is -1.36. The summed E-state index contributed by atoms with van der Waals surface area (Å²) in [4.78, 5) is 29.2. The molecule has 1 rings (SSSR count). The molecule has 0 saturated carbocycles. The maximum absolute atomic E-state index is 12.2. The van der Waals surface area contributed by atoms with Gasteiger partial charge >= 0.3 is 6.09 Å². The number of amides is 2. The van der Waals surface area contributed by atoms with E-state index < -0.39 is 17.1 Å². The lowest BCUT2D eigenvalue weighted by Gasteiger charge is -2.37. The summed E-state index contributed by atoms with van der Waals surface area (Å²) >= 11 is 0. The number of imide groups is 1. The molecule has 1 saturated heterocycles. The van der Waals surface area contributed by atoms with Crippen LogP contribution >= 0.6 is 0 Å². The molecule has 0 bridgehead atoms. The van der Waals surface area contributed by atoms with Gasteiger partial charge in [-0.25, -0.2) is 4.79 Å². The lowest BCUT2D eigenvalue weighted by molar-refractivity contribution is -0.205. The fourth-order valence-corrected chi connectivity index (χ4v) is 1.72. The second kappa shape index (κ2) is 5.10. The van der Waals surface area contributed by atoms with Gasteiger partial charge in [-0.2, -0.15) is 0 Å². The van der Waals surface area contributed by atoms with Gasteiger partial charge in [0, 0.05) is 0 Å². The lowest BCUT2D eigenvalue weighted by atomic mass is 9.82. The number of ether oxygens (including phenoxy) is 1. The molecule has 0 N–H and O–H groups in total. The summed E-state index contributed by atoms with van der Waals surface area (Å²) in [6.07, 6.45) is 1.99. The number of hydrogen-bond acceptors (Lipinski definition) is 4. The van der Waals surface area contributed by atoms with Crippen molar-refractivity contribution in [3.63, 3.8) is 0 Å². The average Bonchev–Trinajstić information content (AvgIpc) is 2.20. The van der Waals surface area contributed by atoms with Gasteiger partial charge < -0.3 is 4.74 Å². The molecule has 1 atom stereocenters. The molecule has 0 aromatic carbocycles. The normalized spacial score (nSPS) is 24.9. The quantitative estimate of drug-likeness (QED) is 0.712. The van der Waals surface area contributed by atoms with Crippen LogP contribution in [0.1, 0.15) is 40.5 Å². The van der Waals surface area contributed by atoms with Crippen LogP contribution in [-0.2, 0) is 14.4 Å². The molecule has 18 heavy (non-hydrogen) atoms. The molecule has 0 aliphatic carbocycles. The Morgan fingerprint density at radius 3 is 2.72 bits per heavy atom. The number of rotatable bonds is 2. The van der Waals surface area contributed by atoms with Crippen molar-refractivity contribution in [3.05, 3.63) is 12.7 Å². The van der Waals surface area contributed by atoms with Crippen molar-refractivity contribution >= 4 is 12.0 Å². The van der Waals surface area contributed by atoms with Gasteiger partial charge in [0.15, 0.2) is 0 Å². The molecule has 5 nitrogen and oxygen atoms in total. The molecule has 1 fully saturated rings. The van der Waals surface area contributed by atoms with E-state index in [0.717, 1.165) is 5.06 Å². The van der Waals surface area contributed by atoms with Crippen molar-refractivity contribution < 1.29 is 19.2 Å². The highest BCUT2D eigenvalue weighted by Crippen LogP contribution is 2.33. The maximum atomic E-state index is 12.2. The third-order valence-electron chi connectivity index (χ3n) is 2.73. The van der Waals surface area contributed by atoms with Crippen molar-refractivity contribution in [2.45, 2.75) is 46.1 Å². The summed E-state index contributed by atoms with van der Waals surface area (Å²) in [5, 5.41) is 0.734. The highest BCUT2D eigenvalue weighted by atomic mass is 16.7. The molecule has 1 aliphatic heterocycles. The summed E-state index contributed by atoms with van der Waals surface area (Å²) in [7, 11) is 0. The van der Waals surface area contributed by atoms with Crippen LogP contribution in [0.4, 0.5) is 4.79 Å². The largest absolute Gasteiger partial charge is 0.442 e. The Bertz CT molecular complexity index is 358. The van der Waals surface area contributed by atoms with Crippen LogP contribution in [0.25, 0.3) is 0 Å². The Kier molecular flexibility index (Phi) is 4.16. The standard InChI is InChI=1S/C13H21NO4/c1-6-7-13(5)8-9-17-14(10(13)15)11(16)18-12(2,3)4/h6H,1,7-9H2,2-5H3/t13-/m1/s1. The first kappa shape index (κ1) is 14.7. The van der Waals surface area contributed by atoms with Gasteiger partial charge in [0.1, 0.15) is 5.60 Å². The minimum Gasteiger partial charge on any atom is -0.442 e. The van der Waals surface area contributed by atoms with E-state index in [2.05, 4.69) is 6.58 Å². The predicted octanol–water partition coefficient (Wildman–Crippen LogP) is 2.67. The van der Waals surface area contributed by atoms with Crippen LogP contribution < -0.4 is 0 Å². The summed E-state index contributed by atoms with van der Waals surface area (Å²) in [6.45, 7) is 11.0. The highest BCUT2D eigenvalue weighted by molar-refractivity contribution is 5.94. The molecular weight excluding hydrogens is 234 g/mol. The molecule has 0 radical (unpaired) electrons. The summed E-state index contributed by atoms with van der Waals surface area (Å²) in [6, 6.07) is 0. The van der Waals surface area contributed by atoms with Crippen molar-refractivity contribution in [1.82, 2.24) is 5.06 Å². The molecule has 102 valence electrons. The molecule has 1 heterocycles. The molecule has 0 aromatic rings. The molecule has 0 spiro atoms. The molecule has 0 aromatic heterocycles. The number of allylic oxidation sites excluding steroid dienone is 1. The van der Waals surface area contributed by atoms with E-state index in [1.54, 1.807) is 33.8 Å².